The lowest BCUT2D eigenvalue weighted by atomic mass is 10.4. The zero-order valence-corrected chi connectivity index (χ0v) is 18.7. The molecule has 0 aromatic heterocycles. The van der Waals surface area contributed by atoms with Crippen LogP contribution in [0.3, 0.4) is 0 Å². The average molecular weight is 387 g/mol. The van der Waals surface area contributed by atoms with Gasteiger partial charge in [0.2, 0.25) is 0 Å². The van der Waals surface area contributed by atoms with Crippen LogP contribution in [0.15, 0.2) is 0 Å². The summed E-state index contributed by atoms with van der Waals surface area (Å²) in [5, 5.41) is 0. The Bertz CT molecular complexity index is 239. The van der Waals surface area contributed by atoms with Crippen molar-refractivity contribution in [3.05, 3.63) is 0 Å². The molecule has 134 valence electrons. The highest BCUT2D eigenvalue weighted by Gasteiger charge is 2.28. The Morgan fingerprint density at radius 2 is 0.909 bits per heavy atom. The molecule has 0 bridgehead atoms. The molecule has 0 heterocycles. The van der Waals surface area contributed by atoms with Gasteiger partial charge in [0, 0.05) is 39.9 Å². The third-order valence-electron chi connectivity index (χ3n) is 4.03. The third-order valence-corrected chi connectivity index (χ3v) is 12.6. The maximum Gasteiger partial charge on any atom is 0.334 e. The van der Waals surface area contributed by atoms with Crippen LogP contribution in [0.5, 0.6) is 0 Å². The molecule has 0 aromatic carbocycles. The van der Waals surface area contributed by atoms with Crippen molar-refractivity contribution in [2.75, 3.05) is 39.9 Å². The van der Waals surface area contributed by atoms with E-state index >= 15 is 0 Å². The van der Waals surface area contributed by atoms with Crippen LogP contribution in [0.2, 0.25) is 25.2 Å². The zero-order chi connectivity index (χ0) is 16.9. The van der Waals surface area contributed by atoms with Gasteiger partial charge in [-0.1, -0.05) is 34.4 Å². The van der Waals surface area contributed by atoms with Crippen LogP contribution in [0.25, 0.3) is 0 Å². The molecule has 0 saturated heterocycles. The molecule has 22 heavy (non-hydrogen) atoms. The number of unbranched alkanes of at least 4 members (excludes halogenated alkanes) is 2. The average Bonchev–Trinajstić information content (AvgIpc) is 2.56. The lowest BCUT2D eigenvalue weighted by Gasteiger charge is -2.22. The van der Waals surface area contributed by atoms with Crippen molar-refractivity contribution in [3.63, 3.8) is 0 Å². The molecule has 0 saturated carbocycles. The third kappa shape index (κ3) is 10.7. The highest BCUT2D eigenvalue weighted by molar-refractivity contribution is 8.76. The molecule has 0 aromatic rings. The highest BCUT2D eigenvalue weighted by atomic mass is 33.1. The van der Waals surface area contributed by atoms with Crippen LogP contribution in [-0.2, 0) is 17.7 Å². The molecule has 0 aliphatic carbocycles. The van der Waals surface area contributed by atoms with Crippen LogP contribution in [-0.4, -0.2) is 57.1 Å². The van der Waals surface area contributed by atoms with Gasteiger partial charge in [0.1, 0.15) is 0 Å². The van der Waals surface area contributed by atoms with Crippen molar-refractivity contribution in [1.82, 2.24) is 0 Å². The topological polar surface area (TPSA) is 36.9 Å². The molecular weight excluding hydrogens is 352 g/mol. The quantitative estimate of drug-likeness (QED) is 0.231. The van der Waals surface area contributed by atoms with E-state index in [1.165, 1.54) is 37.2 Å². The van der Waals surface area contributed by atoms with E-state index in [0.29, 0.717) is 0 Å². The largest absolute Gasteiger partial charge is 0.398 e. The molecule has 0 aliphatic heterocycles. The van der Waals surface area contributed by atoms with Gasteiger partial charge in [-0.15, -0.1) is 0 Å². The molecule has 0 atom stereocenters. The molecule has 0 unspecified atom stereocenters. The molecule has 0 N–H and O–H groups in total. The van der Waals surface area contributed by atoms with Gasteiger partial charge in [0.15, 0.2) is 0 Å². The maximum atomic E-state index is 5.49. The summed E-state index contributed by atoms with van der Waals surface area (Å²) < 4.78 is 22.0. The summed E-state index contributed by atoms with van der Waals surface area (Å²) in [4.78, 5) is 0. The van der Waals surface area contributed by atoms with E-state index in [1.807, 2.05) is 21.6 Å². The first-order valence-electron chi connectivity index (χ1n) is 7.90. The van der Waals surface area contributed by atoms with E-state index in [9.17, 15) is 0 Å². The van der Waals surface area contributed by atoms with Crippen molar-refractivity contribution in [2.45, 2.75) is 50.9 Å². The summed E-state index contributed by atoms with van der Waals surface area (Å²) in [5.74, 6) is 2.43. The summed E-state index contributed by atoms with van der Waals surface area (Å²) in [6.07, 6.45) is 4.88. The first-order chi connectivity index (χ1) is 10.4. The smallest absolute Gasteiger partial charge is 0.334 e. The van der Waals surface area contributed by atoms with Crippen molar-refractivity contribution >= 4 is 38.7 Å². The Kier molecular flexibility index (Phi) is 13.9. The second-order valence-electron chi connectivity index (χ2n) is 5.64. The first-order valence-corrected chi connectivity index (χ1v) is 15.4. The molecule has 0 fully saturated rings. The summed E-state index contributed by atoms with van der Waals surface area (Å²) in [6.45, 7) is 4.26. The van der Waals surface area contributed by atoms with Crippen molar-refractivity contribution in [3.8, 4) is 0 Å². The van der Waals surface area contributed by atoms with Gasteiger partial charge in [-0.05, 0) is 38.0 Å². The van der Waals surface area contributed by atoms with E-state index < -0.39 is 17.1 Å². The van der Waals surface area contributed by atoms with Gasteiger partial charge in [0.05, 0.1) is 0 Å². The lowest BCUT2D eigenvalue weighted by Crippen LogP contribution is -2.35. The normalized spacial score (nSPS) is 12.8. The minimum atomic E-state index is -1.84. The van der Waals surface area contributed by atoms with Crippen molar-refractivity contribution in [2.24, 2.45) is 0 Å². The van der Waals surface area contributed by atoms with Gasteiger partial charge in [-0.2, -0.15) is 0 Å². The fourth-order valence-corrected chi connectivity index (χ4v) is 7.14. The standard InChI is InChI=1S/C14H34O4S2Si2/c1-15-21(5,16-2)13-9-7-11-19-20-12-8-10-14-22(6,17-3)18-4/h7-14H2,1-6H3. The van der Waals surface area contributed by atoms with Crippen LogP contribution in [0, 0.1) is 0 Å². The molecule has 0 rings (SSSR count). The molecule has 0 aliphatic rings. The van der Waals surface area contributed by atoms with E-state index in [0.717, 1.165) is 12.1 Å². The summed E-state index contributed by atoms with van der Waals surface area (Å²) in [6, 6.07) is 2.17. The fourth-order valence-electron chi connectivity index (χ4n) is 1.91. The monoisotopic (exact) mass is 386 g/mol. The second kappa shape index (κ2) is 13.3. The van der Waals surface area contributed by atoms with Gasteiger partial charge in [0.25, 0.3) is 0 Å². The summed E-state index contributed by atoms with van der Waals surface area (Å²) >= 11 is 0. The van der Waals surface area contributed by atoms with E-state index in [1.54, 1.807) is 28.4 Å². The minimum Gasteiger partial charge on any atom is -0.398 e. The Hall–Kier alpha value is 0.974. The Labute approximate surface area is 147 Å². The number of rotatable bonds is 15. The van der Waals surface area contributed by atoms with Crippen LogP contribution >= 0.6 is 21.6 Å². The van der Waals surface area contributed by atoms with Crippen molar-refractivity contribution in [1.29, 1.82) is 0 Å². The zero-order valence-electron chi connectivity index (χ0n) is 15.1. The Morgan fingerprint density at radius 3 is 1.18 bits per heavy atom. The fraction of sp³-hybridized carbons (Fsp3) is 1.00. The molecular formula is C14H34O4S2Si2. The van der Waals surface area contributed by atoms with E-state index in [2.05, 4.69) is 13.1 Å². The molecule has 4 nitrogen and oxygen atoms in total. The first kappa shape index (κ1) is 23.0. The van der Waals surface area contributed by atoms with E-state index in [-0.39, 0.29) is 0 Å². The van der Waals surface area contributed by atoms with Crippen LogP contribution in [0.4, 0.5) is 0 Å². The molecule has 0 radical (unpaired) electrons. The maximum absolute atomic E-state index is 5.49. The second-order valence-corrected chi connectivity index (χ2v) is 15.5. The van der Waals surface area contributed by atoms with Crippen LogP contribution in [0.1, 0.15) is 25.7 Å². The number of hydrogen-bond donors (Lipinski definition) is 0. The molecule has 0 amide bonds. The minimum absolute atomic E-state index is 1.09. The summed E-state index contributed by atoms with van der Waals surface area (Å²) in [7, 11) is 7.35. The van der Waals surface area contributed by atoms with Gasteiger partial charge >= 0.3 is 17.1 Å². The lowest BCUT2D eigenvalue weighted by molar-refractivity contribution is 0.248. The predicted octanol–water partition coefficient (Wildman–Crippen LogP) is 4.66. The molecule has 0 spiro atoms. The predicted molar refractivity (Wildman–Crippen MR) is 104 cm³/mol. The number of hydrogen-bond acceptors (Lipinski definition) is 6. The van der Waals surface area contributed by atoms with E-state index in [4.69, 9.17) is 17.7 Å². The van der Waals surface area contributed by atoms with Gasteiger partial charge < -0.3 is 17.7 Å². The van der Waals surface area contributed by atoms with Gasteiger partial charge in [-0.3, -0.25) is 0 Å². The highest BCUT2D eigenvalue weighted by Crippen LogP contribution is 2.26. The SMILES string of the molecule is CO[Si](C)(CCCCSSCCCC[Si](C)(OC)OC)OC. The van der Waals surface area contributed by atoms with Crippen LogP contribution < -0.4 is 0 Å². The Morgan fingerprint density at radius 1 is 0.591 bits per heavy atom. The van der Waals surface area contributed by atoms with Gasteiger partial charge in [-0.25, -0.2) is 0 Å². The summed E-state index contributed by atoms with van der Waals surface area (Å²) in [5.41, 5.74) is 0. The molecule has 8 heteroatoms. The Balaban J connectivity index is 3.41. The van der Waals surface area contributed by atoms with Crippen molar-refractivity contribution < 1.29 is 17.7 Å².